The lowest BCUT2D eigenvalue weighted by molar-refractivity contribution is -0.143. The van der Waals surface area contributed by atoms with Crippen molar-refractivity contribution in [3.63, 3.8) is 0 Å². The van der Waals surface area contributed by atoms with Gasteiger partial charge in [-0.3, -0.25) is 4.79 Å². The Balaban J connectivity index is 1.41. The highest BCUT2D eigenvalue weighted by atomic mass is 35.5. The van der Waals surface area contributed by atoms with E-state index in [-0.39, 0.29) is 12.0 Å². The maximum atomic E-state index is 11.1. The van der Waals surface area contributed by atoms with Crippen LogP contribution in [0.25, 0.3) is 0 Å². The fraction of sp³-hybridized carbons (Fsp3) is 0.409. The number of hydrogen-bond acceptors (Lipinski definition) is 4. The monoisotopic (exact) mass is 417 g/mol. The molecule has 1 unspecified atom stereocenters. The van der Waals surface area contributed by atoms with Gasteiger partial charge in [0.1, 0.15) is 0 Å². The van der Waals surface area contributed by atoms with E-state index in [1.54, 1.807) is 11.8 Å². The molecule has 0 amide bonds. The Morgan fingerprint density at radius 1 is 1.18 bits per heavy atom. The summed E-state index contributed by atoms with van der Waals surface area (Å²) in [6.07, 6.45) is 2.26. The summed E-state index contributed by atoms with van der Waals surface area (Å²) in [6.45, 7) is 3.13. The van der Waals surface area contributed by atoms with Gasteiger partial charge in [-0.25, -0.2) is 0 Å². The molecule has 1 N–H and O–H groups in total. The predicted molar refractivity (Wildman–Crippen MR) is 111 cm³/mol. The summed E-state index contributed by atoms with van der Waals surface area (Å²) in [6, 6.07) is 14.5. The molecule has 6 heteroatoms. The molecule has 4 rings (SSSR count). The lowest BCUT2D eigenvalue weighted by Gasteiger charge is -2.30. The van der Waals surface area contributed by atoms with E-state index in [1.165, 1.54) is 20.9 Å². The minimum atomic E-state index is -0.666. The van der Waals surface area contributed by atoms with Crippen molar-refractivity contribution in [1.29, 1.82) is 0 Å². The third-order valence-corrected chi connectivity index (χ3v) is 7.02. The van der Waals surface area contributed by atoms with Crippen LogP contribution < -0.4 is 0 Å². The normalized spacial score (nSPS) is 20.2. The van der Waals surface area contributed by atoms with Crippen LogP contribution in [-0.2, 0) is 16.0 Å². The second-order valence-electron chi connectivity index (χ2n) is 7.41. The average Bonchev–Trinajstić information content (AvgIpc) is 2.85. The molecule has 0 aromatic heterocycles. The number of carboxylic acid groups (broad SMARTS) is 1. The largest absolute Gasteiger partial charge is 0.481 e. The van der Waals surface area contributed by atoms with E-state index in [0.717, 1.165) is 43.9 Å². The summed E-state index contributed by atoms with van der Waals surface area (Å²) >= 11 is 8.01. The Labute approximate surface area is 174 Å². The highest BCUT2D eigenvalue weighted by Gasteiger charge is 2.26. The number of hydrogen-bond donors (Lipinski definition) is 1. The maximum absolute atomic E-state index is 11.1. The Kier molecular flexibility index (Phi) is 6.26. The molecule has 0 spiro atoms. The second-order valence-corrected chi connectivity index (χ2v) is 8.93. The smallest absolute Gasteiger partial charge is 0.306 e. The van der Waals surface area contributed by atoms with Crippen LogP contribution in [0.15, 0.2) is 52.3 Å². The van der Waals surface area contributed by atoms with Gasteiger partial charge in [-0.2, -0.15) is 0 Å². The van der Waals surface area contributed by atoms with Crippen molar-refractivity contribution >= 4 is 29.3 Å². The molecule has 0 radical (unpaired) electrons. The number of carboxylic acids is 1. The summed E-state index contributed by atoms with van der Waals surface area (Å²) in [4.78, 5) is 15.9. The van der Waals surface area contributed by atoms with Gasteiger partial charge < -0.3 is 14.7 Å². The number of likely N-dealkylation sites (tertiary alicyclic amines) is 1. The van der Waals surface area contributed by atoms with Crippen molar-refractivity contribution < 1.29 is 14.6 Å². The zero-order valence-corrected chi connectivity index (χ0v) is 17.2. The number of benzene rings is 2. The zero-order chi connectivity index (χ0) is 19.5. The number of rotatable bonds is 5. The Morgan fingerprint density at radius 2 is 1.96 bits per heavy atom. The first-order valence-corrected chi connectivity index (χ1v) is 10.9. The van der Waals surface area contributed by atoms with Crippen molar-refractivity contribution in [2.24, 2.45) is 5.92 Å². The molecule has 2 aromatic carbocycles. The number of fused-ring (bicyclic) bond motifs is 2. The van der Waals surface area contributed by atoms with Gasteiger partial charge in [0.15, 0.2) is 0 Å². The van der Waals surface area contributed by atoms with Crippen LogP contribution in [0.5, 0.6) is 0 Å². The molecule has 2 heterocycles. The SMILES string of the molecule is O=C(O)C1CCN(CCOC2Cc3cc(Cl)ccc3Sc3ccccc32)CC1. The van der Waals surface area contributed by atoms with E-state index in [0.29, 0.717) is 6.61 Å². The van der Waals surface area contributed by atoms with Gasteiger partial charge in [-0.1, -0.05) is 41.6 Å². The van der Waals surface area contributed by atoms with E-state index in [1.807, 2.05) is 12.1 Å². The maximum Gasteiger partial charge on any atom is 0.306 e. The molecule has 4 nitrogen and oxygen atoms in total. The minimum Gasteiger partial charge on any atom is -0.481 e. The fourth-order valence-corrected chi connectivity index (χ4v) is 5.26. The molecule has 1 saturated heterocycles. The number of aliphatic carboxylic acids is 1. The molecule has 2 aromatic rings. The molecular weight excluding hydrogens is 394 g/mol. The van der Waals surface area contributed by atoms with Gasteiger partial charge in [0.05, 0.1) is 18.6 Å². The number of ether oxygens (including phenoxy) is 1. The van der Waals surface area contributed by atoms with Gasteiger partial charge >= 0.3 is 5.97 Å². The molecule has 2 aliphatic rings. The molecule has 28 heavy (non-hydrogen) atoms. The van der Waals surface area contributed by atoms with E-state index in [2.05, 4.69) is 35.2 Å². The van der Waals surface area contributed by atoms with Crippen LogP contribution in [0.1, 0.15) is 30.1 Å². The summed E-state index contributed by atoms with van der Waals surface area (Å²) < 4.78 is 6.35. The number of nitrogens with zero attached hydrogens (tertiary/aromatic N) is 1. The molecule has 0 bridgehead atoms. The standard InChI is InChI=1S/C22H24ClNO3S/c23-17-5-6-20-16(13-17)14-19(18-3-1-2-4-21(18)28-20)27-12-11-24-9-7-15(8-10-24)22(25)26/h1-6,13,15,19H,7-12,14H2,(H,25,26). The lowest BCUT2D eigenvalue weighted by Crippen LogP contribution is -2.38. The summed E-state index contributed by atoms with van der Waals surface area (Å²) in [5.41, 5.74) is 2.45. The highest BCUT2D eigenvalue weighted by Crippen LogP contribution is 2.42. The van der Waals surface area contributed by atoms with E-state index < -0.39 is 5.97 Å². The van der Waals surface area contributed by atoms with Crippen molar-refractivity contribution in [2.75, 3.05) is 26.2 Å². The molecular formula is C22H24ClNO3S. The van der Waals surface area contributed by atoms with Crippen LogP contribution in [0.4, 0.5) is 0 Å². The first kappa shape index (κ1) is 19.8. The van der Waals surface area contributed by atoms with Crippen molar-refractivity contribution in [3.05, 3.63) is 58.6 Å². The number of halogens is 1. The molecule has 1 atom stereocenters. The van der Waals surface area contributed by atoms with Crippen LogP contribution in [0.3, 0.4) is 0 Å². The number of piperidine rings is 1. The molecule has 0 saturated carbocycles. The third kappa shape index (κ3) is 4.54. The summed E-state index contributed by atoms with van der Waals surface area (Å²) in [5, 5.41) is 9.89. The minimum absolute atomic E-state index is 0.0000229. The van der Waals surface area contributed by atoms with Crippen LogP contribution in [0, 0.1) is 5.92 Å². The first-order chi connectivity index (χ1) is 13.6. The molecule has 1 fully saturated rings. The van der Waals surface area contributed by atoms with Crippen molar-refractivity contribution in [1.82, 2.24) is 4.90 Å². The second kappa shape index (κ2) is 8.87. The number of carbonyl (C=O) groups is 1. The summed E-state index contributed by atoms with van der Waals surface area (Å²) in [7, 11) is 0. The topological polar surface area (TPSA) is 49.8 Å². The van der Waals surface area contributed by atoms with Crippen LogP contribution >= 0.6 is 23.4 Å². The Bertz CT molecular complexity index is 851. The van der Waals surface area contributed by atoms with E-state index in [4.69, 9.17) is 21.4 Å². The molecule has 2 aliphatic heterocycles. The third-order valence-electron chi connectivity index (χ3n) is 5.58. The molecule has 148 valence electrons. The lowest BCUT2D eigenvalue weighted by atomic mass is 9.97. The quantitative estimate of drug-likeness (QED) is 0.749. The summed E-state index contributed by atoms with van der Waals surface area (Å²) in [5.74, 6) is -0.857. The fourth-order valence-electron chi connectivity index (χ4n) is 3.95. The van der Waals surface area contributed by atoms with Gasteiger partial charge in [0, 0.05) is 27.8 Å². The Hall–Kier alpha value is -1.53. The average molecular weight is 418 g/mol. The highest BCUT2D eigenvalue weighted by molar-refractivity contribution is 7.99. The van der Waals surface area contributed by atoms with Crippen LogP contribution in [0.2, 0.25) is 5.02 Å². The van der Waals surface area contributed by atoms with Gasteiger partial charge in [0.2, 0.25) is 0 Å². The first-order valence-electron chi connectivity index (χ1n) is 9.72. The van der Waals surface area contributed by atoms with Crippen molar-refractivity contribution in [3.8, 4) is 0 Å². The van der Waals surface area contributed by atoms with E-state index >= 15 is 0 Å². The Morgan fingerprint density at radius 3 is 2.75 bits per heavy atom. The van der Waals surface area contributed by atoms with Gasteiger partial charge in [0.25, 0.3) is 0 Å². The van der Waals surface area contributed by atoms with Gasteiger partial charge in [-0.15, -0.1) is 0 Å². The van der Waals surface area contributed by atoms with Crippen molar-refractivity contribution in [2.45, 2.75) is 35.2 Å². The van der Waals surface area contributed by atoms with Crippen LogP contribution in [-0.4, -0.2) is 42.2 Å². The van der Waals surface area contributed by atoms with Gasteiger partial charge in [-0.05, 0) is 61.3 Å². The molecule has 0 aliphatic carbocycles. The zero-order valence-electron chi connectivity index (χ0n) is 15.6. The van der Waals surface area contributed by atoms with E-state index in [9.17, 15) is 4.79 Å². The predicted octanol–water partition coefficient (Wildman–Crippen LogP) is 4.90.